The molecule has 0 aliphatic carbocycles. The summed E-state index contributed by atoms with van der Waals surface area (Å²) in [5.74, 6) is 1.15. The Morgan fingerprint density at radius 1 is 1.11 bits per heavy atom. The smallest absolute Gasteiger partial charge is 0.270 e. The Labute approximate surface area is 179 Å². The Balaban J connectivity index is 1.61. The van der Waals surface area contributed by atoms with Gasteiger partial charge in [0.25, 0.3) is 5.91 Å². The maximum Gasteiger partial charge on any atom is 0.270 e. The van der Waals surface area contributed by atoms with Gasteiger partial charge < -0.3 is 4.42 Å². The van der Waals surface area contributed by atoms with E-state index in [1.54, 1.807) is 30.3 Å². The molecule has 3 aromatic rings. The van der Waals surface area contributed by atoms with Crippen LogP contribution in [0, 0.1) is 0 Å². The van der Waals surface area contributed by atoms with Crippen molar-refractivity contribution in [1.29, 1.82) is 0 Å². The maximum atomic E-state index is 12.8. The molecule has 1 aliphatic heterocycles. The standard InChI is InChI=1S/C20H11BrClNO2S2/c21-13-6-4-12(5-7-13)17-9-8-16(25-17)11-18-19(24)23(20(26)27-18)15-3-1-2-14(22)10-15/h1-11H/b18-11-. The van der Waals surface area contributed by atoms with E-state index >= 15 is 0 Å². The number of anilines is 1. The molecule has 1 saturated heterocycles. The van der Waals surface area contributed by atoms with E-state index < -0.39 is 0 Å². The molecule has 2 aromatic carbocycles. The number of carbonyl (C=O) groups is 1. The van der Waals surface area contributed by atoms with Crippen molar-refractivity contribution >= 4 is 73.5 Å². The van der Waals surface area contributed by atoms with Gasteiger partial charge in [-0.3, -0.25) is 9.69 Å². The summed E-state index contributed by atoms with van der Waals surface area (Å²) in [6.07, 6.45) is 1.71. The zero-order valence-electron chi connectivity index (χ0n) is 13.7. The van der Waals surface area contributed by atoms with Crippen molar-refractivity contribution in [2.45, 2.75) is 0 Å². The molecule has 2 heterocycles. The lowest BCUT2D eigenvalue weighted by molar-refractivity contribution is -0.113. The minimum absolute atomic E-state index is 0.186. The summed E-state index contributed by atoms with van der Waals surface area (Å²) in [7, 11) is 0. The molecule has 0 spiro atoms. The number of amides is 1. The van der Waals surface area contributed by atoms with Gasteiger partial charge in [0.2, 0.25) is 0 Å². The highest BCUT2D eigenvalue weighted by atomic mass is 79.9. The average molecular weight is 477 g/mol. The van der Waals surface area contributed by atoms with E-state index in [0.29, 0.717) is 25.7 Å². The number of thiocarbonyl (C=S) groups is 1. The number of benzene rings is 2. The highest BCUT2D eigenvalue weighted by Gasteiger charge is 2.33. The minimum Gasteiger partial charge on any atom is -0.457 e. The van der Waals surface area contributed by atoms with Gasteiger partial charge in [0.1, 0.15) is 11.5 Å². The van der Waals surface area contributed by atoms with E-state index in [-0.39, 0.29) is 5.91 Å². The fourth-order valence-electron chi connectivity index (χ4n) is 2.63. The van der Waals surface area contributed by atoms with Crippen molar-refractivity contribution in [3.8, 4) is 11.3 Å². The first-order chi connectivity index (χ1) is 13.0. The third kappa shape index (κ3) is 3.89. The Kier molecular flexibility index (Phi) is 5.23. The van der Waals surface area contributed by atoms with E-state index in [9.17, 15) is 4.79 Å². The van der Waals surface area contributed by atoms with Crippen LogP contribution in [0.25, 0.3) is 17.4 Å². The summed E-state index contributed by atoms with van der Waals surface area (Å²) < 4.78 is 7.34. The molecule has 1 amide bonds. The van der Waals surface area contributed by atoms with Crippen LogP contribution >= 0.6 is 51.5 Å². The molecular formula is C20H11BrClNO2S2. The monoisotopic (exact) mass is 475 g/mol. The van der Waals surface area contributed by atoms with Crippen molar-refractivity contribution in [2.75, 3.05) is 4.90 Å². The molecule has 0 saturated carbocycles. The maximum absolute atomic E-state index is 12.8. The van der Waals surface area contributed by atoms with Crippen LogP contribution in [0.5, 0.6) is 0 Å². The SMILES string of the molecule is O=C1/C(=C/c2ccc(-c3ccc(Br)cc3)o2)SC(=S)N1c1cccc(Cl)c1. The Morgan fingerprint density at radius 2 is 1.89 bits per heavy atom. The van der Waals surface area contributed by atoms with Crippen LogP contribution in [0.2, 0.25) is 5.02 Å². The average Bonchev–Trinajstić information content (AvgIpc) is 3.21. The number of rotatable bonds is 3. The second-order valence-electron chi connectivity index (χ2n) is 5.71. The summed E-state index contributed by atoms with van der Waals surface area (Å²) in [6.45, 7) is 0. The molecule has 27 heavy (non-hydrogen) atoms. The number of furan rings is 1. The largest absolute Gasteiger partial charge is 0.457 e. The number of thioether (sulfide) groups is 1. The number of carbonyl (C=O) groups excluding carboxylic acids is 1. The lowest BCUT2D eigenvalue weighted by Crippen LogP contribution is -2.27. The molecule has 1 fully saturated rings. The summed E-state index contributed by atoms with van der Waals surface area (Å²) in [5, 5.41) is 0.552. The van der Waals surface area contributed by atoms with Gasteiger partial charge in [-0.2, -0.15) is 0 Å². The molecule has 3 nitrogen and oxygen atoms in total. The Morgan fingerprint density at radius 3 is 2.63 bits per heavy atom. The van der Waals surface area contributed by atoms with E-state index in [0.717, 1.165) is 15.8 Å². The minimum atomic E-state index is -0.186. The van der Waals surface area contributed by atoms with Gasteiger partial charge in [0, 0.05) is 21.1 Å². The highest BCUT2D eigenvalue weighted by Crippen LogP contribution is 2.37. The summed E-state index contributed by atoms with van der Waals surface area (Å²) in [5.41, 5.74) is 1.62. The third-order valence-corrected chi connectivity index (χ3v) is 5.95. The molecule has 134 valence electrons. The normalized spacial score (nSPS) is 15.8. The van der Waals surface area contributed by atoms with E-state index in [1.165, 1.54) is 16.7 Å². The second-order valence-corrected chi connectivity index (χ2v) is 8.73. The van der Waals surface area contributed by atoms with Gasteiger partial charge in [-0.05, 0) is 42.5 Å². The number of halogens is 2. The molecule has 0 radical (unpaired) electrons. The van der Waals surface area contributed by atoms with Crippen LogP contribution in [-0.4, -0.2) is 10.2 Å². The summed E-state index contributed by atoms with van der Waals surface area (Å²) in [6, 6.07) is 18.6. The fourth-order valence-corrected chi connectivity index (χ4v) is 4.36. The van der Waals surface area contributed by atoms with E-state index in [2.05, 4.69) is 15.9 Å². The third-order valence-electron chi connectivity index (χ3n) is 3.89. The zero-order valence-corrected chi connectivity index (χ0v) is 17.7. The quantitative estimate of drug-likeness (QED) is 0.308. The predicted octanol–water partition coefficient (Wildman–Crippen LogP) is 6.77. The summed E-state index contributed by atoms with van der Waals surface area (Å²) in [4.78, 5) is 14.8. The molecule has 7 heteroatoms. The van der Waals surface area contributed by atoms with Crippen molar-refractivity contribution in [2.24, 2.45) is 0 Å². The molecule has 1 aliphatic rings. The van der Waals surface area contributed by atoms with Crippen LogP contribution < -0.4 is 4.90 Å². The number of hydrogen-bond donors (Lipinski definition) is 0. The van der Waals surface area contributed by atoms with Crippen molar-refractivity contribution in [3.63, 3.8) is 0 Å². The van der Waals surface area contributed by atoms with Gasteiger partial charge in [-0.1, -0.05) is 69.7 Å². The Bertz CT molecular complexity index is 1080. The predicted molar refractivity (Wildman–Crippen MR) is 119 cm³/mol. The van der Waals surface area contributed by atoms with Crippen LogP contribution in [0.4, 0.5) is 5.69 Å². The van der Waals surface area contributed by atoms with Gasteiger partial charge in [0.15, 0.2) is 4.32 Å². The zero-order chi connectivity index (χ0) is 19.0. The van der Waals surface area contributed by atoms with Crippen LogP contribution in [0.15, 0.2) is 74.5 Å². The lowest BCUT2D eigenvalue weighted by Gasteiger charge is -2.14. The van der Waals surface area contributed by atoms with Crippen molar-refractivity contribution in [1.82, 2.24) is 0 Å². The molecule has 0 bridgehead atoms. The van der Waals surface area contributed by atoms with Crippen LogP contribution in [-0.2, 0) is 4.79 Å². The number of hydrogen-bond acceptors (Lipinski definition) is 4. The van der Waals surface area contributed by atoms with Crippen molar-refractivity contribution < 1.29 is 9.21 Å². The molecule has 0 N–H and O–H groups in total. The highest BCUT2D eigenvalue weighted by molar-refractivity contribution is 9.10. The Hall–Kier alpha value is -1.86. The summed E-state index contributed by atoms with van der Waals surface area (Å²) >= 11 is 16.1. The first-order valence-electron chi connectivity index (χ1n) is 7.90. The lowest BCUT2D eigenvalue weighted by atomic mass is 10.2. The first kappa shape index (κ1) is 18.5. The molecular weight excluding hydrogens is 466 g/mol. The molecule has 0 unspecified atom stereocenters. The number of nitrogens with zero attached hydrogens (tertiary/aromatic N) is 1. The molecule has 4 rings (SSSR count). The second kappa shape index (κ2) is 7.64. The van der Waals surface area contributed by atoms with Crippen LogP contribution in [0.3, 0.4) is 0 Å². The molecule has 1 aromatic heterocycles. The van der Waals surface area contributed by atoms with Crippen LogP contribution in [0.1, 0.15) is 5.76 Å². The van der Waals surface area contributed by atoms with Gasteiger partial charge in [-0.25, -0.2) is 0 Å². The van der Waals surface area contributed by atoms with Crippen molar-refractivity contribution in [3.05, 3.63) is 80.8 Å². The topological polar surface area (TPSA) is 33.5 Å². The van der Waals surface area contributed by atoms with Gasteiger partial charge in [0.05, 0.1) is 10.6 Å². The van der Waals surface area contributed by atoms with Gasteiger partial charge >= 0.3 is 0 Å². The first-order valence-corrected chi connectivity index (χ1v) is 10.3. The van der Waals surface area contributed by atoms with Gasteiger partial charge in [-0.15, -0.1) is 0 Å². The van der Waals surface area contributed by atoms with E-state index in [1.807, 2.05) is 36.4 Å². The fraction of sp³-hybridized carbons (Fsp3) is 0. The molecule has 0 atom stereocenters. The van der Waals surface area contributed by atoms with E-state index in [4.69, 9.17) is 28.2 Å².